The average Bonchev–Trinajstić information content (AvgIpc) is 3.22. The van der Waals surface area contributed by atoms with Crippen LogP contribution in [0, 0.1) is 0 Å². The average molecular weight is 495 g/mol. The van der Waals surface area contributed by atoms with Crippen LogP contribution in [0.25, 0.3) is 0 Å². The number of benzene rings is 2. The molecule has 2 N–H and O–H groups in total. The molecule has 0 spiro atoms. The second kappa shape index (κ2) is 11.9. The highest BCUT2D eigenvalue weighted by Gasteiger charge is 2.09. The largest absolute Gasteiger partial charge is 0.504 e. The SMILES string of the molecule is CCOc1cc(/C=N/NC(=O)CSc2nnc(SCc3ccccc3Cl)s2)ccc1O. The molecule has 3 rings (SSSR count). The molecule has 0 bridgehead atoms. The van der Waals surface area contributed by atoms with Crippen molar-refractivity contribution in [2.75, 3.05) is 12.4 Å². The monoisotopic (exact) mass is 494 g/mol. The third-order valence-corrected chi connectivity index (χ3v) is 7.32. The summed E-state index contributed by atoms with van der Waals surface area (Å²) in [5, 5.41) is 22.6. The fourth-order valence-electron chi connectivity index (χ4n) is 2.29. The molecule has 1 amide bonds. The molecule has 11 heteroatoms. The van der Waals surface area contributed by atoms with Crippen molar-refractivity contribution in [1.29, 1.82) is 0 Å². The lowest BCUT2D eigenvalue weighted by Gasteiger charge is -2.05. The number of hydrogen-bond acceptors (Lipinski definition) is 9. The Bertz CT molecular complexity index is 1060. The Morgan fingerprint density at radius 3 is 2.81 bits per heavy atom. The van der Waals surface area contributed by atoms with Crippen LogP contribution in [-0.4, -0.2) is 39.8 Å². The van der Waals surface area contributed by atoms with Crippen molar-refractivity contribution < 1.29 is 14.6 Å². The first-order valence-electron chi connectivity index (χ1n) is 9.15. The molecule has 0 aliphatic heterocycles. The zero-order chi connectivity index (χ0) is 22.1. The third-order valence-electron chi connectivity index (χ3n) is 3.71. The highest BCUT2D eigenvalue weighted by atomic mass is 35.5. The number of nitrogens with one attached hydrogen (secondary N) is 1. The zero-order valence-corrected chi connectivity index (χ0v) is 19.7. The van der Waals surface area contributed by atoms with Gasteiger partial charge in [0.15, 0.2) is 20.2 Å². The van der Waals surface area contributed by atoms with E-state index >= 15 is 0 Å². The lowest BCUT2D eigenvalue weighted by atomic mass is 10.2. The minimum atomic E-state index is -0.259. The number of hydrogen-bond donors (Lipinski definition) is 2. The van der Waals surface area contributed by atoms with Gasteiger partial charge in [0.1, 0.15) is 0 Å². The summed E-state index contributed by atoms with van der Waals surface area (Å²) in [5.41, 5.74) is 4.20. The molecule has 0 radical (unpaired) electrons. The van der Waals surface area contributed by atoms with Gasteiger partial charge in [0.2, 0.25) is 0 Å². The highest BCUT2D eigenvalue weighted by Crippen LogP contribution is 2.32. The number of thioether (sulfide) groups is 2. The number of aromatic nitrogens is 2. The Kier molecular flexibility index (Phi) is 9.01. The Balaban J connectivity index is 1.43. The van der Waals surface area contributed by atoms with Crippen LogP contribution in [0.4, 0.5) is 0 Å². The molecule has 2 aromatic carbocycles. The summed E-state index contributed by atoms with van der Waals surface area (Å²) in [6, 6.07) is 12.5. The highest BCUT2D eigenvalue weighted by molar-refractivity contribution is 8.03. The number of ether oxygens (including phenoxy) is 1. The molecule has 31 heavy (non-hydrogen) atoms. The quantitative estimate of drug-likeness (QED) is 0.236. The van der Waals surface area contributed by atoms with E-state index in [1.54, 1.807) is 23.9 Å². The Hall–Kier alpha value is -2.27. The Labute approximate surface area is 197 Å². The van der Waals surface area contributed by atoms with Crippen molar-refractivity contribution in [3.63, 3.8) is 0 Å². The van der Waals surface area contributed by atoms with E-state index in [0.29, 0.717) is 28.0 Å². The van der Waals surface area contributed by atoms with Gasteiger partial charge >= 0.3 is 0 Å². The van der Waals surface area contributed by atoms with E-state index in [9.17, 15) is 9.90 Å². The van der Waals surface area contributed by atoms with E-state index in [0.717, 1.165) is 14.9 Å². The van der Waals surface area contributed by atoms with Gasteiger partial charge in [0, 0.05) is 10.8 Å². The molecule has 3 aromatic rings. The van der Waals surface area contributed by atoms with Gasteiger partial charge in [-0.3, -0.25) is 4.79 Å². The number of phenolic OH excluding ortho intramolecular Hbond substituents is 1. The van der Waals surface area contributed by atoms with E-state index in [1.165, 1.54) is 35.4 Å². The number of phenols is 1. The van der Waals surface area contributed by atoms with E-state index in [1.807, 2.05) is 31.2 Å². The third kappa shape index (κ3) is 7.42. The number of hydrazone groups is 1. The first-order chi connectivity index (χ1) is 15.0. The number of halogens is 1. The van der Waals surface area contributed by atoms with Gasteiger partial charge in [-0.1, -0.05) is 64.7 Å². The molecule has 0 unspecified atom stereocenters. The summed E-state index contributed by atoms with van der Waals surface area (Å²) in [6.45, 7) is 2.27. The number of carbonyl (C=O) groups excluding carboxylic acids is 1. The van der Waals surface area contributed by atoms with Crippen LogP contribution in [0.2, 0.25) is 5.02 Å². The molecule has 7 nitrogen and oxygen atoms in total. The van der Waals surface area contributed by atoms with Gasteiger partial charge in [-0.2, -0.15) is 5.10 Å². The van der Waals surface area contributed by atoms with Gasteiger partial charge in [-0.25, -0.2) is 5.43 Å². The molecular weight excluding hydrogens is 476 g/mol. The van der Waals surface area contributed by atoms with Gasteiger partial charge < -0.3 is 9.84 Å². The lowest BCUT2D eigenvalue weighted by Crippen LogP contribution is -2.19. The molecule has 1 aromatic heterocycles. The maximum absolute atomic E-state index is 12.0. The van der Waals surface area contributed by atoms with Crippen LogP contribution in [0.3, 0.4) is 0 Å². The molecule has 0 aliphatic carbocycles. The van der Waals surface area contributed by atoms with Crippen molar-refractivity contribution in [2.24, 2.45) is 5.10 Å². The molecule has 0 saturated heterocycles. The zero-order valence-electron chi connectivity index (χ0n) is 16.4. The molecule has 0 fully saturated rings. The van der Waals surface area contributed by atoms with Gasteiger partial charge in [0.25, 0.3) is 5.91 Å². The van der Waals surface area contributed by atoms with E-state index in [2.05, 4.69) is 20.7 Å². The molecule has 0 aliphatic rings. The number of rotatable bonds is 10. The van der Waals surface area contributed by atoms with Gasteiger partial charge in [0.05, 0.1) is 18.6 Å². The van der Waals surface area contributed by atoms with Crippen LogP contribution in [0.1, 0.15) is 18.1 Å². The van der Waals surface area contributed by atoms with Crippen molar-refractivity contribution in [2.45, 2.75) is 21.4 Å². The first kappa shape index (κ1) is 23.4. The second-order valence-corrected chi connectivity index (χ2v) is 9.79. The Morgan fingerprint density at radius 2 is 2.03 bits per heavy atom. The molecular formula is C20H19ClN4O3S3. The molecule has 0 atom stereocenters. The van der Waals surface area contributed by atoms with Crippen LogP contribution in [0.15, 0.2) is 56.2 Å². The van der Waals surface area contributed by atoms with Crippen molar-refractivity contribution in [3.05, 3.63) is 58.6 Å². The van der Waals surface area contributed by atoms with E-state index in [4.69, 9.17) is 16.3 Å². The van der Waals surface area contributed by atoms with E-state index < -0.39 is 0 Å². The predicted molar refractivity (Wildman–Crippen MR) is 127 cm³/mol. The van der Waals surface area contributed by atoms with Crippen LogP contribution < -0.4 is 10.2 Å². The van der Waals surface area contributed by atoms with Crippen LogP contribution in [0.5, 0.6) is 11.5 Å². The van der Waals surface area contributed by atoms with Gasteiger partial charge in [-0.15, -0.1) is 10.2 Å². The second-order valence-electron chi connectivity index (χ2n) is 5.96. The molecule has 162 valence electrons. The number of amides is 1. The first-order valence-corrected chi connectivity index (χ1v) is 12.3. The van der Waals surface area contributed by atoms with Crippen molar-refractivity contribution >= 4 is 58.6 Å². The summed E-state index contributed by atoms with van der Waals surface area (Å²) < 4.78 is 6.85. The normalized spacial score (nSPS) is 11.0. The number of nitrogens with zero attached hydrogens (tertiary/aromatic N) is 3. The minimum absolute atomic E-state index is 0.0564. The van der Waals surface area contributed by atoms with Crippen molar-refractivity contribution in [3.8, 4) is 11.5 Å². The lowest BCUT2D eigenvalue weighted by molar-refractivity contribution is -0.118. The Morgan fingerprint density at radius 1 is 1.26 bits per heavy atom. The summed E-state index contributed by atoms with van der Waals surface area (Å²) in [6.07, 6.45) is 1.49. The summed E-state index contributed by atoms with van der Waals surface area (Å²) >= 11 is 10.5. The summed E-state index contributed by atoms with van der Waals surface area (Å²) in [7, 11) is 0. The smallest absolute Gasteiger partial charge is 0.250 e. The summed E-state index contributed by atoms with van der Waals surface area (Å²) in [4.78, 5) is 12.0. The topological polar surface area (TPSA) is 96.7 Å². The maximum Gasteiger partial charge on any atom is 0.250 e. The van der Waals surface area contributed by atoms with Crippen LogP contribution >= 0.6 is 46.5 Å². The standard InChI is InChI=1S/C20H19ClN4O3S3/c1-2-28-17-9-13(7-8-16(17)26)10-22-23-18(27)12-30-20-25-24-19(31-20)29-11-14-5-3-4-6-15(14)21/h3-10,26H,2,11-12H2,1H3,(H,23,27)/b22-10+. The fourth-order valence-corrected chi connectivity index (χ4v) is 5.39. The fraction of sp³-hybridized carbons (Fsp3) is 0.200. The van der Waals surface area contributed by atoms with Crippen molar-refractivity contribution in [1.82, 2.24) is 15.6 Å². The minimum Gasteiger partial charge on any atom is -0.504 e. The summed E-state index contributed by atoms with van der Waals surface area (Å²) in [5.74, 6) is 1.04. The molecule has 0 saturated carbocycles. The molecule has 1 heterocycles. The number of aromatic hydroxyl groups is 1. The maximum atomic E-state index is 12.0. The van der Waals surface area contributed by atoms with Gasteiger partial charge in [-0.05, 0) is 42.3 Å². The van der Waals surface area contributed by atoms with Crippen LogP contribution in [-0.2, 0) is 10.5 Å². The number of carbonyl (C=O) groups is 1. The predicted octanol–water partition coefficient (Wildman–Crippen LogP) is 4.83. The van der Waals surface area contributed by atoms with E-state index in [-0.39, 0.29) is 17.4 Å².